The summed E-state index contributed by atoms with van der Waals surface area (Å²) in [6.45, 7) is 4.39. The zero-order chi connectivity index (χ0) is 18.5. The number of hydrogen-bond acceptors (Lipinski definition) is 4. The van der Waals surface area contributed by atoms with Gasteiger partial charge in [-0.05, 0) is 37.6 Å². The molecule has 0 atom stereocenters. The van der Waals surface area contributed by atoms with Crippen LogP contribution < -0.4 is 15.4 Å². The zero-order valence-corrected chi connectivity index (χ0v) is 15.0. The lowest BCUT2D eigenvalue weighted by Crippen LogP contribution is -2.28. The molecule has 0 bridgehead atoms. The van der Waals surface area contributed by atoms with E-state index in [4.69, 9.17) is 4.74 Å². The van der Waals surface area contributed by atoms with Crippen LogP contribution in [-0.4, -0.2) is 21.0 Å². The number of hydrogen-bond donors (Lipinski definition) is 2. The summed E-state index contributed by atoms with van der Waals surface area (Å²) in [6, 6.07) is 13.0. The first-order valence-electron chi connectivity index (χ1n) is 8.25. The van der Waals surface area contributed by atoms with Crippen molar-refractivity contribution in [3.8, 4) is 11.5 Å². The van der Waals surface area contributed by atoms with Gasteiger partial charge in [-0.3, -0.25) is 4.68 Å². The minimum absolute atomic E-state index is 0.310. The van der Waals surface area contributed by atoms with Crippen molar-refractivity contribution in [3.05, 3.63) is 65.5 Å². The Bertz CT molecular complexity index is 920. The number of benzene rings is 2. The van der Waals surface area contributed by atoms with Crippen LogP contribution in [0.1, 0.15) is 16.8 Å². The van der Waals surface area contributed by atoms with Gasteiger partial charge in [0.05, 0.1) is 18.4 Å². The molecule has 1 aromatic heterocycles. The Labute approximate surface area is 152 Å². The summed E-state index contributed by atoms with van der Waals surface area (Å²) in [7, 11) is 1.77. The van der Waals surface area contributed by atoms with Gasteiger partial charge in [0.1, 0.15) is 11.5 Å². The Kier molecular flexibility index (Phi) is 5.17. The summed E-state index contributed by atoms with van der Waals surface area (Å²) >= 11 is 0. The van der Waals surface area contributed by atoms with E-state index in [2.05, 4.69) is 27.0 Å². The maximum Gasteiger partial charge on any atom is 0.319 e. The van der Waals surface area contributed by atoms with Gasteiger partial charge in [0.25, 0.3) is 0 Å². The molecule has 3 aromatic rings. The van der Waals surface area contributed by atoms with Crippen molar-refractivity contribution in [1.29, 1.82) is 0 Å². The SMILES string of the molecule is Cc1ccc(Oc2cccc(NC(=O)NCc3cnnn3C)c2)c(C)c1. The molecule has 134 valence electrons. The van der Waals surface area contributed by atoms with E-state index >= 15 is 0 Å². The first-order chi connectivity index (χ1) is 12.5. The second-order valence-electron chi connectivity index (χ2n) is 6.06. The monoisotopic (exact) mass is 351 g/mol. The number of carbonyl (C=O) groups excluding carboxylic acids is 1. The van der Waals surface area contributed by atoms with E-state index in [0.717, 1.165) is 17.0 Å². The lowest BCUT2D eigenvalue weighted by molar-refractivity contribution is 0.251. The summed E-state index contributed by atoms with van der Waals surface area (Å²) in [4.78, 5) is 12.1. The van der Waals surface area contributed by atoms with Gasteiger partial charge in [-0.1, -0.05) is 29.0 Å². The van der Waals surface area contributed by atoms with E-state index in [1.54, 1.807) is 30.1 Å². The van der Waals surface area contributed by atoms with Gasteiger partial charge in [0, 0.05) is 18.8 Å². The number of ether oxygens (including phenoxy) is 1. The highest BCUT2D eigenvalue weighted by Gasteiger charge is 2.07. The number of amides is 2. The summed E-state index contributed by atoms with van der Waals surface area (Å²) in [5.41, 5.74) is 3.71. The van der Waals surface area contributed by atoms with Crippen molar-refractivity contribution in [3.63, 3.8) is 0 Å². The highest BCUT2D eigenvalue weighted by atomic mass is 16.5. The molecule has 3 rings (SSSR count). The van der Waals surface area contributed by atoms with Gasteiger partial charge in [-0.25, -0.2) is 4.79 Å². The Morgan fingerprint density at radius 2 is 2.04 bits per heavy atom. The smallest absolute Gasteiger partial charge is 0.319 e. The fourth-order valence-corrected chi connectivity index (χ4v) is 2.50. The summed E-state index contributed by atoms with van der Waals surface area (Å²) in [6.07, 6.45) is 1.61. The van der Waals surface area contributed by atoms with Crippen molar-refractivity contribution in [1.82, 2.24) is 20.3 Å². The summed E-state index contributed by atoms with van der Waals surface area (Å²) in [5, 5.41) is 13.2. The Balaban J connectivity index is 1.61. The molecule has 0 spiro atoms. The molecule has 0 aliphatic rings. The molecular formula is C19H21N5O2. The van der Waals surface area contributed by atoms with E-state index in [-0.39, 0.29) is 6.03 Å². The molecule has 26 heavy (non-hydrogen) atoms. The van der Waals surface area contributed by atoms with Gasteiger partial charge < -0.3 is 15.4 Å². The van der Waals surface area contributed by atoms with Crippen LogP contribution in [0.2, 0.25) is 0 Å². The van der Waals surface area contributed by atoms with Crippen LogP contribution in [0.15, 0.2) is 48.7 Å². The average Bonchev–Trinajstić information content (AvgIpc) is 3.01. The third-order valence-electron chi connectivity index (χ3n) is 3.89. The number of rotatable bonds is 5. The van der Waals surface area contributed by atoms with Crippen LogP contribution >= 0.6 is 0 Å². The predicted molar refractivity (Wildman–Crippen MR) is 99.3 cm³/mol. The quantitative estimate of drug-likeness (QED) is 0.737. The lowest BCUT2D eigenvalue weighted by atomic mass is 10.1. The van der Waals surface area contributed by atoms with Crippen LogP contribution in [-0.2, 0) is 13.6 Å². The van der Waals surface area contributed by atoms with Crippen LogP contribution in [0.5, 0.6) is 11.5 Å². The zero-order valence-electron chi connectivity index (χ0n) is 15.0. The molecule has 2 N–H and O–H groups in total. The summed E-state index contributed by atoms with van der Waals surface area (Å²) in [5.74, 6) is 1.45. The van der Waals surface area contributed by atoms with Crippen molar-refractivity contribution in [2.75, 3.05) is 5.32 Å². The van der Waals surface area contributed by atoms with Gasteiger partial charge in [0.15, 0.2) is 0 Å². The van der Waals surface area contributed by atoms with E-state index in [1.165, 1.54) is 5.56 Å². The van der Waals surface area contributed by atoms with Crippen molar-refractivity contribution < 1.29 is 9.53 Å². The standard InChI is InChI=1S/C19H21N5O2/c1-13-7-8-18(14(2)9-13)26-17-6-4-5-15(10-17)22-19(25)20-11-16-12-21-23-24(16)3/h4-10,12H,11H2,1-3H3,(H2,20,22,25). The molecule has 0 unspecified atom stereocenters. The fraction of sp³-hybridized carbons (Fsp3) is 0.211. The Hall–Kier alpha value is -3.35. The van der Waals surface area contributed by atoms with Crippen LogP contribution in [0, 0.1) is 13.8 Å². The molecule has 2 aromatic carbocycles. The van der Waals surface area contributed by atoms with E-state index < -0.39 is 0 Å². The number of anilines is 1. The highest BCUT2D eigenvalue weighted by molar-refractivity contribution is 5.89. The van der Waals surface area contributed by atoms with Gasteiger partial charge in [0.2, 0.25) is 0 Å². The number of aryl methyl sites for hydroxylation is 3. The predicted octanol–water partition coefficient (Wildman–Crippen LogP) is 3.55. The largest absolute Gasteiger partial charge is 0.457 e. The lowest BCUT2D eigenvalue weighted by Gasteiger charge is -2.11. The highest BCUT2D eigenvalue weighted by Crippen LogP contribution is 2.27. The second-order valence-corrected chi connectivity index (χ2v) is 6.06. The Morgan fingerprint density at radius 3 is 2.77 bits per heavy atom. The van der Waals surface area contributed by atoms with Gasteiger partial charge in [-0.15, -0.1) is 5.10 Å². The molecule has 0 aliphatic heterocycles. The molecular weight excluding hydrogens is 330 g/mol. The average molecular weight is 351 g/mol. The van der Waals surface area contributed by atoms with Crippen LogP contribution in [0.25, 0.3) is 0 Å². The molecule has 0 saturated carbocycles. The molecule has 7 nitrogen and oxygen atoms in total. The summed E-state index contributed by atoms with van der Waals surface area (Å²) < 4.78 is 7.54. The third-order valence-corrected chi connectivity index (χ3v) is 3.89. The molecule has 7 heteroatoms. The maximum absolute atomic E-state index is 12.1. The molecule has 0 fully saturated rings. The maximum atomic E-state index is 12.1. The second kappa shape index (κ2) is 7.69. The van der Waals surface area contributed by atoms with E-state index in [1.807, 2.05) is 38.1 Å². The van der Waals surface area contributed by atoms with Crippen LogP contribution in [0.3, 0.4) is 0 Å². The van der Waals surface area contributed by atoms with E-state index in [9.17, 15) is 4.79 Å². The van der Waals surface area contributed by atoms with Gasteiger partial charge >= 0.3 is 6.03 Å². The van der Waals surface area contributed by atoms with Crippen molar-refractivity contribution in [2.45, 2.75) is 20.4 Å². The Morgan fingerprint density at radius 1 is 1.19 bits per heavy atom. The fourth-order valence-electron chi connectivity index (χ4n) is 2.50. The number of nitrogens with one attached hydrogen (secondary N) is 2. The first kappa shape index (κ1) is 17.5. The number of urea groups is 1. The number of nitrogens with zero attached hydrogens (tertiary/aromatic N) is 3. The normalized spacial score (nSPS) is 10.4. The molecule has 0 radical (unpaired) electrons. The third kappa shape index (κ3) is 4.38. The number of carbonyl (C=O) groups is 1. The minimum atomic E-state index is -0.310. The number of aromatic nitrogens is 3. The minimum Gasteiger partial charge on any atom is -0.457 e. The topological polar surface area (TPSA) is 81.1 Å². The van der Waals surface area contributed by atoms with Gasteiger partial charge in [-0.2, -0.15) is 0 Å². The molecule has 0 saturated heterocycles. The molecule has 1 heterocycles. The van der Waals surface area contributed by atoms with Crippen molar-refractivity contribution in [2.24, 2.45) is 7.05 Å². The molecule has 0 aliphatic carbocycles. The van der Waals surface area contributed by atoms with Crippen LogP contribution in [0.4, 0.5) is 10.5 Å². The molecule has 2 amide bonds. The first-order valence-corrected chi connectivity index (χ1v) is 8.25. The van der Waals surface area contributed by atoms with Crippen molar-refractivity contribution >= 4 is 11.7 Å². The van der Waals surface area contributed by atoms with E-state index in [0.29, 0.717) is 18.0 Å².